The Hall–Kier alpha value is -5.34. The zero-order valence-electron chi connectivity index (χ0n) is 33.1. The van der Waals surface area contributed by atoms with E-state index in [1.165, 1.54) is 20.8 Å². The predicted octanol–water partition coefficient (Wildman–Crippen LogP) is 14.3. The third kappa shape index (κ3) is 7.34. The molecule has 0 saturated heterocycles. The lowest BCUT2D eigenvalue weighted by Crippen LogP contribution is -2.66. The molecule has 0 aliphatic rings. The molecule has 0 unspecified atom stereocenters. The fourth-order valence-electron chi connectivity index (χ4n) is 8.19. The van der Waals surface area contributed by atoms with Crippen molar-refractivity contribution in [3.05, 3.63) is 151 Å². The molecule has 0 saturated carbocycles. The Morgan fingerprint density at radius 3 is 0.891 bits per heavy atom. The average molecular weight is 941 g/mol. The van der Waals surface area contributed by atoms with Gasteiger partial charge in [-0.3, -0.25) is 0 Å². The molecule has 0 amide bonds. The van der Waals surface area contributed by atoms with Gasteiger partial charge in [0.1, 0.15) is 11.1 Å². The van der Waals surface area contributed by atoms with E-state index < -0.39 is 204 Å². The highest BCUT2D eigenvalue weighted by Crippen LogP contribution is 2.57. The molecule has 5 aromatic carbocycles. The molecule has 0 aliphatic carbocycles. The van der Waals surface area contributed by atoms with Gasteiger partial charge in [-0.25, -0.2) is 87.8 Å². The average Bonchev–Trinajstić information content (AvgIpc) is 3.28. The third-order valence-corrected chi connectivity index (χ3v) is 11.1. The molecule has 0 fully saturated rings. The second kappa shape index (κ2) is 18.6. The van der Waals surface area contributed by atoms with Gasteiger partial charge in [0.25, 0.3) is 0 Å². The van der Waals surface area contributed by atoms with Crippen molar-refractivity contribution in [2.75, 3.05) is 19.6 Å². The Balaban J connectivity index is 2.44. The number of hydrogen-bond donors (Lipinski definition) is 0. The van der Waals surface area contributed by atoms with Crippen molar-refractivity contribution in [1.82, 2.24) is 0 Å². The van der Waals surface area contributed by atoms with Crippen molar-refractivity contribution in [3.8, 4) is 22.3 Å². The molecule has 346 valence electrons. The first-order valence-corrected chi connectivity index (χ1v) is 19.1. The molecular weight excluding hydrogens is 910 g/mol. The number of benzene rings is 5. The van der Waals surface area contributed by atoms with Crippen LogP contribution in [0.2, 0.25) is 0 Å². The highest BCUT2D eigenvalue weighted by atomic mass is 19.2. The monoisotopic (exact) mass is 940 g/mol. The van der Waals surface area contributed by atoms with Crippen molar-refractivity contribution in [2.24, 2.45) is 0 Å². The SMILES string of the molecule is CCCC[N+](CCCC)(CCCC)C(c1cccc(-c2c(F)c(F)c(F)c(F)c2F)c1-c1c(F)c(F)c(F)c(F)c1F)(c1c(F)c(F)c(F)c(F)c1F)c1c(F)c(F)c(F)c(F)c1F. The highest BCUT2D eigenvalue weighted by Gasteiger charge is 2.63. The second-order valence-corrected chi connectivity index (χ2v) is 14.6. The molecule has 0 N–H and O–H groups in total. The standard InChI is InChI=1S/C43H30F20N/c1-4-7-13-64(14-8-5-2,15-9-6-3)43(21-27(48)35(56)41(62)36(57)28(21)49,22-29(50)37(58)42(63)38(59)30(22)51)17-12-10-11-16(19-23(44)31(52)39(60)32(53)24(19)45)18(17)20-25(46)33(54)40(61)34(55)26(20)47/h10-12H,4-9,13-15H2,1-3H3/q+1. The van der Waals surface area contributed by atoms with Gasteiger partial charge in [-0.05, 0) is 24.8 Å². The Morgan fingerprint density at radius 1 is 0.328 bits per heavy atom. The van der Waals surface area contributed by atoms with Gasteiger partial charge in [-0.1, -0.05) is 58.2 Å². The molecule has 1 nitrogen and oxygen atoms in total. The maximum atomic E-state index is 17.1. The quantitative estimate of drug-likeness (QED) is 0.0323. The number of unbranched alkanes of at least 4 members (excludes halogenated alkanes) is 3. The summed E-state index contributed by atoms with van der Waals surface area (Å²) in [5, 5.41) is 0. The summed E-state index contributed by atoms with van der Waals surface area (Å²) in [4.78, 5) is 0. The first-order chi connectivity index (χ1) is 30.0. The molecule has 21 heteroatoms. The zero-order chi connectivity index (χ0) is 48.1. The predicted molar refractivity (Wildman–Crippen MR) is 189 cm³/mol. The van der Waals surface area contributed by atoms with Crippen LogP contribution < -0.4 is 0 Å². The van der Waals surface area contributed by atoms with Gasteiger partial charge < -0.3 is 4.48 Å². The van der Waals surface area contributed by atoms with Crippen LogP contribution in [-0.4, -0.2) is 24.1 Å². The highest BCUT2D eigenvalue weighted by molar-refractivity contribution is 5.88. The van der Waals surface area contributed by atoms with Crippen molar-refractivity contribution < 1.29 is 92.3 Å². The summed E-state index contributed by atoms with van der Waals surface area (Å²) in [5.74, 6) is -60.5. The van der Waals surface area contributed by atoms with Crippen LogP contribution >= 0.6 is 0 Å². The van der Waals surface area contributed by atoms with Gasteiger partial charge in [0.2, 0.25) is 23.3 Å². The summed E-state index contributed by atoms with van der Waals surface area (Å²) in [5.41, 5.74) is -20.8. The van der Waals surface area contributed by atoms with E-state index in [2.05, 4.69) is 0 Å². The smallest absolute Gasteiger partial charge is 0.200 e. The van der Waals surface area contributed by atoms with Crippen LogP contribution in [0, 0.1) is 116 Å². The summed E-state index contributed by atoms with van der Waals surface area (Å²) < 4.78 is 314. The summed E-state index contributed by atoms with van der Waals surface area (Å²) in [6.07, 6.45) is -1.52. The molecule has 0 aromatic heterocycles. The van der Waals surface area contributed by atoms with E-state index in [1.54, 1.807) is 0 Å². The Bertz CT molecular complexity index is 2450. The van der Waals surface area contributed by atoms with E-state index in [1.807, 2.05) is 0 Å². The van der Waals surface area contributed by atoms with Gasteiger partial charge >= 0.3 is 0 Å². The van der Waals surface area contributed by atoms with Crippen LogP contribution in [0.25, 0.3) is 22.3 Å². The molecule has 0 radical (unpaired) electrons. The molecule has 0 spiro atoms. The van der Waals surface area contributed by atoms with Crippen molar-refractivity contribution in [3.63, 3.8) is 0 Å². The van der Waals surface area contributed by atoms with Crippen LogP contribution in [0.5, 0.6) is 0 Å². The lowest BCUT2D eigenvalue weighted by Gasteiger charge is -2.55. The lowest BCUT2D eigenvalue weighted by molar-refractivity contribution is -0.973. The lowest BCUT2D eigenvalue weighted by atomic mass is 9.68. The fraction of sp³-hybridized carbons (Fsp3) is 0.302. The number of quaternary nitrogens is 1. The van der Waals surface area contributed by atoms with E-state index in [0.29, 0.717) is 6.07 Å². The first-order valence-electron chi connectivity index (χ1n) is 19.1. The Labute approximate surface area is 350 Å². The molecular formula is C43H30F20N+. The van der Waals surface area contributed by atoms with E-state index in [9.17, 15) is 17.6 Å². The third-order valence-electron chi connectivity index (χ3n) is 11.1. The van der Waals surface area contributed by atoms with Crippen molar-refractivity contribution in [2.45, 2.75) is 64.8 Å². The first kappa shape index (κ1) is 49.7. The zero-order valence-corrected chi connectivity index (χ0v) is 33.1. The minimum atomic E-state index is -4.53. The normalized spacial score (nSPS) is 12.2. The van der Waals surface area contributed by atoms with Crippen LogP contribution in [-0.2, 0) is 5.54 Å². The summed E-state index contributed by atoms with van der Waals surface area (Å²) in [7, 11) is 0. The van der Waals surface area contributed by atoms with E-state index in [0.717, 1.165) is 0 Å². The molecule has 0 bridgehead atoms. The number of rotatable bonds is 15. The van der Waals surface area contributed by atoms with Crippen LogP contribution in [0.3, 0.4) is 0 Å². The van der Waals surface area contributed by atoms with Crippen LogP contribution in [0.1, 0.15) is 76.0 Å². The van der Waals surface area contributed by atoms with E-state index >= 15 is 70.2 Å². The van der Waals surface area contributed by atoms with Gasteiger partial charge in [0.05, 0.1) is 30.8 Å². The maximum Gasteiger partial charge on any atom is 0.200 e. The minimum Gasteiger partial charge on any atom is -0.307 e. The Kier molecular flexibility index (Phi) is 14.5. The van der Waals surface area contributed by atoms with Gasteiger partial charge in [0.15, 0.2) is 98.6 Å². The molecule has 64 heavy (non-hydrogen) atoms. The molecule has 5 rings (SSSR count). The topological polar surface area (TPSA) is 0 Å². The summed E-state index contributed by atoms with van der Waals surface area (Å²) >= 11 is 0. The summed E-state index contributed by atoms with van der Waals surface area (Å²) in [6, 6.07) is 0.547. The molecule has 0 atom stereocenters. The van der Waals surface area contributed by atoms with Crippen LogP contribution in [0.4, 0.5) is 87.8 Å². The number of halogens is 20. The minimum absolute atomic E-state index is 0.0996. The molecule has 5 aromatic rings. The fourth-order valence-corrected chi connectivity index (χ4v) is 8.19. The number of hydrogen-bond acceptors (Lipinski definition) is 0. The largest absolute Gasteiger partial charge is 0.307 e. The van der Waals surface area contributed by atoms with E-state index in [4.69, 9.17) is 0 Å². The Morgan fingerprint density at radius 2 is 0.594 bits per heavy atom. The van der Waals surface area contributed by atoms with Gasteiger partial charge in [-0.2, -0.15) is 0 Å². The maximum absolute atomic E-state index is 17.1. The van der Waals surface area contributed by atoms with Gasteiger partial charge in [-0.15, -0.1) is 0 Å². The summed E-state index contributed by atoms with van der Waals surface area (Å²) in [6.45, 7) is 1.36. The molecule has 0 heterocycles. The van der Waals surface area contributed by atoms with Crippen molar-refractivity contribution in [1.29, 1.82) is 0 Å². The molecule has 0 aliphatic heterocycles. The van der Waals surface area contributed by atoms with E-state index in [-0.39, 0.29) is 31.4 Å². The van der Waals surface area contributed by atoms with Crippen LogP contribution in [0.15, 0.2) is 18.2 Å². The van der Waals surface area contributed by atoms with Crippen molar-refractivity contribution >= 4 is 0 Å². The van der Waals surface area contributed by atoms with Gasteiger partial charge in [0, 0.05) is 11.1 Å². The number of nitrogens with zero attached hydrogens (tertiary/aromatic N) is 1. The second-order valence-electron chi connectivity index (χ2n) is 14.6.